The lowest BCUT2D eigenvalue weighted by molar-refractivity contribution is -0.115. The molecule has 0 saturated carbocycles. The molecular weight excluding hydrogens is 588 g/mol. The predicted molar refractivity (Wildman–Crippen MR) is 162 cm³/mol. The van der Waals surface area contributed by atoms with E-state index in [-0.39, 0.29) is 11.8 Å². The fraction of sp³-hybridized carbons (Fsp3) is 0.0333. The van der Waals surface area contributed by atoms with Gasteiger partial charge in [0.2, 0.25) is 5.91 Å². The molecule has 0 aliphatic heterocycles. The Morgan fingerprint density at radius 2 is 1.57 bits per heavy atom. The van der Waals surface area contributed by atoms with Crippen LogP contribution in [0, 0.1) is 5.82 Å². The lowest BCUT2D eigenvalue weighted by Crippen LogP contribution is -2.19. The minimum Gasteiger partial charge on any atom is -0.322 e. The van der Waals surface area contributed by atoms with Gasteiger partial charge in [0.1, 0.15) is 11.1 Å². The number of carbonyl (C=O) groups excluding carboxylic acids is 2. The number of amides is 2. The quantitative estimate of drug-likeness (QED) is 0.173. The van der Waals surface area contributed by atoms with Gasteiger partial charge >= 0.3 is 0 Å². The Morgan fingerprint density at radius 1 is 0.850 bits per heavy atom. The van der Waals surface area contributed by atoms with Crippen molar-refractivity contribution in [2.75, 3.05) is 10.6 Å². The van der Waals surface area contributed by atoms with Gasteiger partial charge in [-0.2, -0.15) is 0 Å². The normalized spacial score (nSPS) is 11.6. The van der Waals surface area contributed by atoms with Crippen LogP contribution in [-0.4, -0.2) is 16.8 Å². The molecule has 10 heteroatoms. The summed E-state index contributed by atoms with van der Waals surface area (Å²) in [5, 5.41) is 8.38. The van der Waals surface area contributed by atoms with Gasteiger partial charge in [-0.3, -0.25) is 9.59 Å². The summed E-state index contributed by atoms with van der Waals surface area (Å²) < 4.78 is 13.2. The molecule has 0 radical (unpaired) electrons. The summed E-state index contributed by atoms with van der Waals surface area (Å²) >= 11 is 14.9. The number of hydrogen-bond acceptors (Lipinski definition) is 5. The van der Waals surface area contributed by atoms with Crippen molar-refractivity contribution in [3.05, 3.63) is 129 Å². The minimum absolute atomic E-state index is 0.222. The Morgan fingerprint density at radius 3 is 2.27 bits per heavy atom. The molecule has 0 saturated heterocycles. The van der Waals surface area contributed by atoms with Gasteiger partial charge in [0.15, 0.2) is 5.13 Å². The highest BCUT2D eigenvalue weighted by Gasteiger charge is 2.23. The maximum atomic E-state index is 13.5. The first-order valence-corrected chi connectivity index (χ1v) is 14.5. The molecule has 2 N–H and O–H groups in total. The van der Waals surface area contributed by atoms with Crippen LogP contribution in [0.15, 0.2) is 107 Å². The number of benzene rings is 4. The second-order valence-corrected chi connectivity index (χ2v) is 11.4. The summed E-state index contributed by atoms with van der Waals surface area (Å²) in [4.78, 5) is 31.3. The molecule has 0 spiro atoms. The molecule has 40 heavy (non-hydrogen) atoms. The van der Waals surface area contributed by atoms with Crippen molar-refractivity contribution in [1.82, 2.24) is 4.98 Å². The number of anilines is 2. The van der Waals surface area contributed by atoms with Crippen molar-refractivity contribution in [2.24, 2.45) is 0 Å². The van der Waals surface area contributed by atoms with Crippen molar-refractivity contribution in [2.45, 2.75) is 10.1 Å². The Bertz CT molecular complexity index is 1650. The van der Waals surface area contributed by atoms with E-state index >= 15 is 0 Å². The first-order chi connectivity index (χ1) is 19.4. The molecule has 0 aliphatic carbocycles. The van der Waals surface area contributed by atoms with Crippen LogP contribution in [0.5, 0.6) is 0 Å². The number of nitrogens with zero attached hydrogens (tertiary/aromatic N) is 1. The number of aromatic nitrogens is 1. The molecule has 200 valence electrons. The fourth-order valence-corrected chi connectivity index (χ4v) is 5.79. The van der Waals surface area contributed by atoms with Gasteiger partial charge < -0.3 is 10.6 Å². The summed E-state index contributed by atoms with van der Waals surface area (Å²) in [5.41, 5.74) is 3.25. The molecule has 5 rings (SSSR count). The van der Waals surface area contributed by atoms with E-state index in [0.717, 1.165) is 16.0 Å². The van der Waals surface area contributed by atoms with E-state index in [2.05, 4.69) is 15.6 Å². The summed E-state index contributed by atoms with van der Waals surface area (Å²) in [5.74, 6) is -0.970. The van der Waals surface area contributed by atoms with Crippen molar-refractivity contribution in [1.29, 1.82) is 0 Å². The standard InChI is InChI=1S/C30H20Cl2FN3O2S2/c31-24-15-8-20(16-25(24)32)26-17-39-30(35-26)36-29(38)27(18-4-2-1-3-5-18)40-23-13-11-22(12-14-23)34-28(37)19-6-9-21(33)10-7-19/h1-17,27H,(H,34,37)(H,35,36,38). The Kier molecular flexibility index (Phi) is 8.81. The van der Waals surface area contributed by atoms with E-state index in [1.807, 2.05) is 53.9 Å². The molecule has 1 heterocycles. The van der Waals surface area contributed by atoms with Crippen molar-refractivity contribution in [3.63, 3.8) is 0 Å². The summed E-state index contributed by atoms with van der Waals surface area (Å²) in [6.07, 6.45) is 0. The highest BCUT2D eigenvalue weighted by Crippen LogP contribution is 2.37. The number of halogens is 3. The van der Waals surface area contributed by atoms with Crippen LogP contribution in [0.1, 0.15) is 21.2 Å². The molecule has 0 bridgehead atoms. The topological polar surface area (TPSA) is 71.1 Å². The third-order valence-corrected chi connectivity index (χ3v) is 8.53. The van der Waals surface area contributed by atoms with Crippen LogP contribution in [-0.2, 0) is 4.79 Å². The number of thiazole rings is 1. The van der Waals surface area contributed by atoms with Gasteiger partial charge in [0.25, 0.3) is 5.91 Å². The smallest absolute Gasteiger partial charge is 0.255 e. The lowest BCUT2D eigenvalue weighted by Gasteiger charge is -2.16. The molecule has 5 aromatic rings. The highest BCUT2D eigenvalue weighted by molar-refractivity contribution is 8.00. The predicted octanol–water partition coefficient (Wildman–Crippen LogP) is 8.98. The van der Waals surface area contributed by atoms with E-state index in [0.29, 0.717) is 32.1 Å². The van der Waals surface area contributed by atoms with E-state index < -0.39 is 11.1 Å². The number of hydrogen-bond donors (Lipinski definition) is 2. The molecule has 0 fully saturated rings. The van der Waals surface area contributed by atoms with Crippen LogP contribution in [0.4, 0.5) is 15.2 Å². The second kappa shape index (κ2) is 12.7. The average molecular weight is 609 g/mol. The first-order valence-electron chi connectivity index (χ1n) is 12.0. The number of thioether (sulfide) groups is 1. The van der Waals surface area contributed by atoms with Crippen molar-refractivity contribution >= 4 is 68.9 Å². The highest BCUT2D eigenvalue weighted by atomic mass is 35.5. The van der Waals surface area contributed by atoms with E-state index in [1.54, 1.807) is 24.3 Å². The zero-order valence-electron chi connectivity index (χ0n) is 20.6. The zero-order chi connectivity index (χ0) is 28.1. The number of nitrogens with one attached hydrogen (secondary N) is 2. The third kappa shape index (κ3) is 6.89. The molecule has 0 aliphatic rings. The summed E-state index contributed by atoms with van der Waals surface area (Å²) in [6.45, 7) is 0. The molecular formula is C30H20Cl2FN3O2S2. The first kappa shape index (κ1) is 27.9. The van der Waals surface area contributed by atoms with Gasteiger partial charge in [-0.25, -0.2) is 9.37 Å². The lowest BCUT2D eigenvalue weighted by atomic mass is 10.1. The molecule has 1 aromatic heterocycles. The van der Waals surface area contributed by atoms with Crippen LogP contribution < -0.4 is 10.6 Å². The molecule has 5 nitrogen and oxygen atoms in total. The average Bonchev–Trinajstić information content (AvgIpc) is 3.43. The van der Waals surface area contributed by atoms with Crippen LogP contribution in [0.2, 0.25) is 10.0 Å². The Labute approximate surface area is 248 Å². The Balaban J connectivity index is 1.29. The van der Waals surface area contributed by atoms with Gasteiger partial charge in [0, 0.05) is 27.1 Å². The van der Waals surface area contributed by atoms with E-state index in [9.17, 15) is 14.0 Å². The SMILES string of the molecule is O=C(Nc1ccc(SC(C(=O)Nc2nc(-c3ccc(Cl)c(Cl)c3)cs2)c2ccccc2)cc1)c1ccc(F)cc1. The van der Waals surface area contributed by atoms with Crippen LogP contribution in [0.3, 0.4) is 0 Å². The summed E-state index contributed by atoms with van der Waals surface area (Å²) in [7, 11) is 0. The fourth-order valence-electron chi connectivity index (χ4n) is 3.75. The second-order valence-electron chi connectivity index (χ2n) is 8.55. The van der Waals surface area contributed by atoms with E-state index in [4.69, 9.17) is 23.2 Å². The molecule has 4 aromatic carbocycles. The molecule has 2 amide bonds. The van der Waals surface area contributed by atoms with Crippen LogP contribution in [0.25, 0.3) is 11.3 Å². The van der Waals surface area contributed by atoms with Crippen LogP contribution >= 0.6 is 46.3 Å². The third-order valence-electron chi connectivity index (χ3n) is 5.76. The maximum absolute atomic E-state index is 13.5. The minimum atomic E-state index is -0.557. The Hall–Kier alpha value is -3.69. The maximum Gasteiger partial charge on any atom is 0.255 e. The van der Waals surface area contributed by atoms with E-state index in [1.165, 1.54) is 47.4 Å². The number of carbonyl (C=O) groups is 2. The van der Waals surface area contributed by atoms with Gasteiger partial charge in [-0.05, 0) is 66.2 Å². The largest absolute Gasteiger partial charge is 0.322 e. The zero-order valence-corrected chi connectivity index (χ0v) is 23.8. The number of rotatable bonds is 8. The van der Waals surface area contributed by atoms with Gasteiger partial charge in [0.05, 0.1) is 15.7 Å². The van der Waals surface area contributed by atoms with Crippen molar-refractivity contribution in [3.8, 4) is 11.3 Å². The monoisotopic (exact) mass is 607 g/mol. The van der Waals surface area contributed by atoms with Gasteiger partial charge in [-0.1, -0.05) is 59.6 Å². The molecule has 1 unspecified atom stereocenters. The van der Waals surface area contributed by atoms with Crippen molar-refractivity contribution < 1.29 is 14.0 Å². The summed E-state index contributed by atoms with van der Waals surface area (Å²) in [6, 6.07) is 27.2. The van der Waals surface area contributed by atoms with Gasteiger partial charge in [-0.15, -0.1) is 23.1 Å². The molecule has 1 atom stereocenters.